The zero-order chi connectivity index (χ0) is 18.4. The minimum atomic E-state index is -0.206. The molecule has 0 saturated carbocycles. The van der Waals surface area contributed by atoms with Gasteiger partial charge in [-0.1, -0.05) is 0 Å². The molecule has 1 aliphatic heterocycles. The third-order valence-electron chi connectivity index (χ3n) is 4.04. The summed E-state index contributed by atoms with van der Waals surface area (Å²) in [6.07, 6.45) is 2.28. The highest BCUT2D eigenvalue weighted by atomic mass is 16.5. The minimum absolute atomic E-state index is 0.136. The number of hydrogen-bond donors (Lipinski definition) is 2. The number of amides is 2. The zero-order valence-corrected chi connectivity index (χ0v) is 14.7. The molecule has 26 heavy (non-hydrogen) atoms. The van der Waals surface area contributed by atoms with Crippen LogP contribution in [0.1, 0.15) is 30.1 Å². The van der Waals surface area contributed by atoms with Gasteiger partial charge in [-0.15, -0.1) is 0 Å². The van der Waals surface area contributed by atoms with E-state index < -0.39 is 0 Å². The first kappa shape index (κ1) is 17.9. The van der Waals surface area contributed by atoms with E-state index in [0.717, 1.165) is 25.2 Å². The van der Waals surface area contributed by atoms with E-state index >= 15 is 0 Å². The molecule has 1 fully saturated rings. The van der Waals surface area contributed by atoms with Gasteiger partial charge in [0.25, 0.3) is 5.91 Å². The average molecular weight is 354 g/mol. The van der Waals surface area contributed by atoms with Crippen molar-refractivity contribution in [2.24, 2.45) is 0 Å². The molecular formula is C20H22N2O4. The molecule has 0 bridgehead atoms. The van der Waals surface area contributed by atoms with Gasteiger partial charge in [0.1, 0.15) is 12.4 Å². The lowest BCUT2D eigenvalue weighted by Gasteiger charge is -2.12. The first-order chi connectivity index (χ1) is 12.6. The van der Waals surface area contributed by atoms with Crippen molar-refractivity contribution in [3.8, 4) is 5.75 Å². The van der Waals surface area contributed by atoms with Gasteiger partial charge in [-0.2, -0.15) is 0 Å². The van der Waals surface area contributed by atoms with E-state index in [1.807, 2.05) is 0 Å². The van der Waals surface area contributed by atoms with Crippen molar-refractivity contribution in [3.63, 3.8) is 0 Å². The summed E-state index contributed by atoms with van der Waals surface area (Å²) >= 11 is 0. The third kappa shape index (κ3) is 5.07. The van der Waals surface area contributed by atoms with Crippen molar-refractivity contribution in [1.29, 1.82) is 0 Å². The summed E-state index contributed by atoms with van der Waals surface area (Å²) in [5.41, 5.74) is 1.88. The topological polar surface area (TPSA) is 76.7 Å². The second kappa shape index (κ2) is 8.49. The van der Waals surface area contributed by atoms with Crippen LogP contribution in [-0.2, 0) is 9.53 Å². The summed E-state index contributed by atoms with van der Waals surface area (Å²) in [7, 11) is 0. The zero-order valence-electron chi connectivity index (χ0n) is 14.7. The maximum atomic E-state index is 12.3. The molecule has 1 saturated heterocycles. The normalized spacial score (nSPS) is 16.1. The Morgan fingerprint density at radius 3 is 2.27 bits per heavy atom. The molecule has 0 aromatic heterocycles. The maximum Gasteiger partial charge on any atom is 0.255 e. The number of benzene rings is 2. The van der Waals surface area contributed by atoms with Crippen LogP contribution in [-0.4, -0.2) is 31.1 Å². The Labute approximate surface area is 152 Å². The first-order valence-electron chi connectivity index (χ1n) is 8.63. The lowest BCUT2D eigenvalue weighted by Crippen LogP contribution is -2.16. The van der Waals surface area contributed by atoms with Crippen LogP contribution in [0.4, 0.5) is 11.4 Å². The number of rotatable bonds is 6. The monoisotopic (exact) mass is 354 g/mol. The molecule has 6 nitrogen and oxygen atoms in total. The van der Waals surface area contributed by atoms with Crippen LogP contribution in [0.3, 0.4) is 0 Å². The van der Waals surface area contributed by atoms with Crippen LogP contribution >= 0.6 is 0 Å². The highest BCUT2D eigenvalue weighted by Gasteiger charge is 2.16. The van der Waals surface area contributed by atoms with Gasteiger partial charge in [-0.25, -0.2) is 0 Å². The van der Waals surface area contributed by atoms with Crippen LogP contribution in [0, 0.1) is 0 Å². The molecule has 0 unspecified atom stereocenters. The minimum Gasteiger partial charge on any atom is -0.491 e. The van der Waals surface area contributed by atoms with E-state index in [1.165, 1.54) is 6.92 Å². The van der Waals surface area contributed by atoms with Crippen LogP contribution in [0.15, 0.2) is 48.5 Å². The van der Waals surface area contributed by atoms with Gasteiger partial charge in [-0.3, -0.25) is 9.59 Å². The molecule has 3 rings (SSSR count). The van der Waals surface area contributed by atoms with Crippen molar-refractivity contribution in [1.82, 2.24) is 0 Å². The van der Waals surface area contributed by atoms with Crippen molar-refractivity contribution in [3.05, 3.63) is 54.1 Å². The Kier molecular flexibility index (Phi) is 5.86. The van der Waals surface area contributed by atoms with Gasteiger partial charge in [0, 0.05) is 30.5 Å². The molecule has 2 amide bonds. The fraction of sp³-hybridized carbons (Fsp3) is 0.300. The summed E-state index contributed by atoms with van der Waals surface area (Å²) in [6, 6.07) is 14.0. The fourth-order valence-electron chi connectivity index (χ4n) is 2.71. The highest BCUT2D eigenvalue weighted by Crippen LogP contribution is 2.18. The van der Waals surface area contributed by atoms with Crippen LogP contribution in [0.2, 0.25) is 0 Å². The van der Waals surface area contributed by atoms with Crippen molar-refractivity contribution in [2.75, 3.05) is 23.8 Å². The van der Waals surface area contributed by atoms with Gasteiger partial charge in [0.15, 0.2) is 0 Å². The molecule has 0 aliphatic carbocycles. The number of anilines is 2. The molecule has 1 heterocycles. The van der Waals surface area contributed by atoms with Crippen LogP contribution in [0.25, 0.3) is 0 Å². The number of carbonyl (C=O) groups excluding carboxylic acids is 2. The lowest BCUT2D eigenvalue weighted by molar-refractivity contribution is -0.114. The van der Waals surface area contributed by atoms with Gasteiger partial charge in [0.2, 0.25) is 5.91 Å². The number of carbonyl (C=O) groups is 2. The van der Waals surface area contributed by atoms with E-state index in [4.69, 9.17) is 9.47 Å². The van der Waals surface area contributed by atoms with E-state index in [2.05, 4.69) is 10.6 Å². The van der Waals surface area contributed by atoms with E-state index in [9.17, 15) is 9.59 Å². The number of hydrogen-bond acceptors (Lipinski definition) is 4. The third-order valence-corrected chi connectivity index (χ3v) is 4.04. The summed E-state index contributed by atoms with van der Waals surface area (Å²) < 4.78 is 11.2. The second-order valence-corrected chi connectivity index (χ2v) is 6.18. The molecule has 0 spiro atoms. The molecule has 1 atom stereocenters. The Morgan fingerprint density at radius 2 is 1.69 bits per heavy atom. The van der Waals surface area contributed by atoms with Gasteiger partial charge >= 0.3 is 0 Å². The Balaban J connectivity index is 1.53. The maximum absolute atomic E-state index is 12.3. The smallest absolute Gasteiger partial charge is 0.255 e. The predicted octanol–water partition coefficient (Wildman–Crippen LogP) is 3.46. The molecule has 2 N–H and O–H groups in total. The quantitative estimate of drug-likeness (QED) is 0.833. The summed E-state index contributed by atoms with van der Waals surface area (Å²) in [5.74, 6) is 0.378. The SMILES string of the molecule is CC(=O)Nc1ccc(NC(=O)c2ccc(OC[C@@H]3CCCO3)cc2)cc1. The number of nitrogens with one attached hydrogen (secondary N) is 2. The van der Waals surface area contributed by atoms with Crippen molar-refractivity contribution >= 4 is 23.2 Å². The second-order valence-electron chi connectivity index (χ2n) is 6.18. The molecule has 1 aliphatic rings. The largest absolute Gasteiger partial charge is 0.491 e. The van der Waals surface area contributed by atoms with Gasteiger partial charge < -0.3 is 20.1 Å². The fourth-order valence-corrected chi connectivity index (χ4v) is 2.71. The predicted molar refractivity (Wildman–Crippen MR) is 99.6 cm³/mol. The lowest BCUT2D eigenvalue weighted by atomic mass is 10.2. The van der Waals surface area contributed by atoms with E-state index in [0.29, 0.717) is 23.5 Å². The molecule has 6 heteroatoms. The van der Waals surface area contributed by atoms with Crippen molar-refractivity contribution in [2.45, 2.75) is 25.9 Å². The molecule has 0 radical (unpaired) electrons. The molecule has 2 aromatic rings. The van der Waals surface area contributed by atoms with E-state index in [-0.39, 0.29) is 17.9 Å². The first-order valence-corrected chi connectivity index (χ1v) is 8.63. The van der Waals surface area contributed by atoms with E-state index in [1.54, 1.807) is 48.5 Å². The van der Waals surface area contributed by atoms with Crippen LogP contribution in [0.5, 0.6) is 5.75 Å². The van der Waals surface area contributed by atoms with Crippen LogP contribution < -0.4 is 15.4 Å². The standard InChI is InChI=1S/C20H22N2O4/c1-14(23)21-16-6-8-17(9-7-16)22-20(24)15-4-10-18(11-5-15)26-13-19-3-2-12-25-19/h4-11,19H,2-3,12-13H2,1H3,(H,21,23)(H,22,24)/t19-/m0/s1. The number of ether oxygens (including phenoxy) is 2. The molecule has 2 aromatic carbocycles. The summed E-state index contributed by atoms with van der Waals surface area (Å²) in [4.78, 5) is 23.3. The Bertz CT molecular complexity index is 750. The summed E-state index contributed by atoms with van der Waals surface area (Å²) in [6.45, 7) is 2.79. The average Bonchev–Trinajstić information content (AvgIpc) is 3.15. The summed E-state index contributed by atoms with van der Waals surface area (Å²) in [5, 5.41) is 5.50. The Hall–Kier alpha value is -2.86. The molecule has 136 valence electrons. The van der Waals surface area contributed by atoms with Gasteiger partial charge in [0.05, 0.1) is 6.10 Å². The Morgan fingerprint density at radius 1 is 1.04 bits per heavy atom. The highest BCUT2D eigenvalue weighted by molar-refractivity contribution is 6.04. The van der Waals surface area contributed by atoms with Gasteiger partial charge in [-0.05, 0) is 61.4 Å². The molecular weight excluding hydrogens is 332 g/mol. The van der Waals surface area contributed by atoms with Crippen molar-refractivity contribution < 1.29 is 19.1 Å².